The molecule has 2 rings (SSSR count). The van der Waals surface area contributed by atoms with Crippen LogP contribution in [0.3, 0.4) is 0 Å². The summed E-state index contributed by atoms with van der Waals surface area (Å²) in [7, 11) is 2.79. The predicted molar refractivity (Wildman–Crippen MR) is 180 cm³/mol. The van der Waals surface area contributed by atoms with Gasteiger partial charge in [0.25, 0.3) is 5.88 Å². The number of methoxy groups -OCH3 is 2. The number of carbonyl (C=O) groups is 2. The van der Waals surface area contributed by atoms with Crippen LogP contribution in [0, 0.1) is 10.1 Å². The van der Waals surface area contributed by atoms with Gasteiger partial charge in [-0.05, 0) is 60.5 Å². The number of aromatic nitrogens is 2. The zero-order valence-electron chi connectivity index (χ0n) is 29.9. The summed E-state index contributed by atoms with van der Waals surface area (Å²) in [5.41, 5.74) is 4.82. The van der Waals surface area contributed by atoms with Crippen LogP contribution in [-0.4, -0.2) is 102 Å². The molecule has 2 heterocycles. The Balaban J connectivity index is 0.000000482. The Bertz CT molecular complexity index is 1310. The number of anilines is 1. The number of hydrogen-bond acceptors (Lipinski definition) is 13. The second-order valence-corrected chi connectivity index (χ2v) is 12.3. The number of ether oxygens (including phenoxy) is 6. The van der Waals surface area contributed by atoms with Gasteiger partial charge in [-0.1, -0.05) is 13.8 Å². The fraction of sp³-hybridized carbons (Fsp3) is 0.625. The van der Waals surface area contributed by atoms with Gasteiger partial charge in [0.1, 0.15) is 24.4 Å². The minimum atomic E-state index is -0.582. The molecule has 0 atom stereocenters. The Morgan fingerprint density at radius 2 is 1.17 bits per heavy atom. The number of hydrogen-bond donors (Lipinski definition) is 1. The first-order valence-corrected chi connectivity index (χ1v) is 15.7. The topological polar surface area (TPSA) is 191 Å². The molecule has 0 aromatic carbocycles. The number of rotatable bonds is 15. The standard InChI is InChI=1S/C16H25N3O6.C16H27N3O4/c1-6-9-18(15(20)25-16(2,3)4)10-11-24-13-8-7-12(19(21)22)14(17-13)23-5;1-6-9-19(15(20)23-16(2,3)4)10-11-22-13-8-7-12(17)14(18-13)21-5/h7-8H,6,9-11H2,1-5H3;7-8H,6,9-11,17H2,1-5H3. The predicted octanol–water partition coefficient (Wildman–Crippen LogP) is 5.72. The molecule has 0 spiro atoms. The quantitative estimate of drug-likeness (QED) is 0.178. The molecule has 0 aliphatic heterocycles. The van der Waals surface area contributed by atoms with E-state index in [2.05, 4.69) is 9.97 Å². The number of pyridine rings is 2. The van der Waals surface area contributed by atoms with Gasteiger partial charge in [-0.25, -0.2) is 9.59 Å². The van der Waals surface area contributed by atoms with Crippen LogP contribution in [-0.2, 0) is 9.47 Å². The van der Waals surface area contributed by atoms with E-state index in [0.29, 0.717) is 50.2 Å². The van der Waals surface area contributed by atoms with Crippen LogP contribution in [0.25, 0.3) is 0 Å². The van der Waals surface area contributed by atoms with Crippen molar-refractivity contribution in [1.29, 1.82) is 0 Å². The molecule has 0 radical (unpaired) electrons. The molecular formula is C32H52N6O10. The Labute approximate surface area is 282 Å². The Morgan fingerprint density at radius 3 is 1.54 bits per heavy atom. The Kier molecular flexibility index (Phi) is 17.0. The highest BCUT2D eigenvalue weighted by Crippen LogP contribution is 2.26. The van der Waals surface area contributed by atoms with E-state index in [-0.39, 0.29) is 30.1 Å². The molecule has 0 aliphatic rings. The van der Waals surface area contributed by atoms with Crippen molar-refractivity contribution in [3.8, 4) is 23.5 Å². The van der Waals surface area contributed by atoms with Crippen LogP contribution < -0.4 is 24.7 Å². The van der Waals surface area contributed by atoms with Gasteiger partial charge in [-0.15, -0.1) is 0 Å². The maximum absolute atomic E-state index is 12.1. The van der Waals surface area contributed by atoms with Crippen LogP contribution >= 0.6 is 0 Å². The van der Waals surface area contributed by atoms with Gasteiger partial charge in [0, 0.05) is 31.3 Å². The lowest BCUT2D eigenvalue weighted by Gasteiger charge is -2.27. The second-order valence-electron chi connectivity index (χ2n) is 12.3. The van der Waals surface area contributed by atoms with Crippen LogP contribution in [0.1, 0.15) is 68.2 Å². The van der Waals surface area contributed by atoms with E-state index in [1.54, 1.807) is 42.7 Å². The molecule has 16 heteroatoms. The van der Waals surface area contributed by atoms with Gasteiger partial charge in [0.2, 0.25) is 17.6 Å². The molecule has 16 nitrogen and oxygen atoms in total. The molecule has 2 aromatic heterocycles. The molecule has 0 fully saturated rings. The maximum atomic E-state index is 12.1. The van der Waals surface area contributed by atoms with Gasteiger partial charge < -0.3 is 44.0 Å². The number of nitrogen functional groups attached to an aromatic ring is 1. The summed E-state index contributed by atoms with van der Waals surface area (Å²) in [6, 6.07) is 5.98. The molecule has 0 saturated heterocycles. The van der Waals surface area contributed by atoms with Crippen molar-refractivity contribution >= 4 is 23.6 Å². The molecule has 0 bridgehead atoms. The van der Waals surface area contributed by atoms with Crippen molar-refractivity contribution < 1.29 is 42.9 Å². The maximum Gasteiger partial charge on any atom is 0.410 e. The van der Waals surface area contributed by atoms with Crippen molar-refractivity contribution in [2.24, 2.45) is 0 Å². The first-order chi connectivity index (χ1) is 22.4. The van der Waals surface area contributed by atoms with Crippen molar-refractivity contribution in [2.75, 3.05) is 59.3 Å². The lowest BCUT2D eigenvalue weighted by Crippen LogP contribution is -2.39. The number of amides is 2. The van der Waals surface area contributed by atoms with Crippen molar-refractivity contribution in [3.05, 3.63) is 34.4 Å². The van der Waals surface area contributed by atoms with Crippen molar-refractivity contribution in [2.45, 2.75) is 79.4 Å². The molecule has 270 valence electrons. The van der Waals surface area contributed by atoms with E-state index < -0.39 is 22.2 Å². The summed E-state index contributed by atoms with van der Waals surface area (Å²) in [5, 5.41) is 10.8. The minimum Gasteiger partial charge on any atom is -0.479 e. The summed E-state index contributed by atoms with van der Waals surface area (Å²) < 4.78 is 31.7. The monoisotopic (exact) mass is 680 g/mol. The summed E-state index contributed by atoms with van der Waals surface area (Å²) in [5.74, 6) is 0.778. The van der Waals surface area contributed by atoms with Crippen LogP contribution in [0.5, 0.6) is 23.5 Å². The summed E-state index contributed by atoms with van der Waals surface area (Å²) >= 11 is 0. The third kappa shape index (κ3) is 15.7. The van der Waals surface area contributed by atoms with E-state index in [0.717, 1.165) is 12.8 Å². The zero-order chi connectivity index (χ0) is 36.5. The number of nitro groups is 1. The van der Waals surface area contributed by atoms with Gasteiger partial charge in [-0.3, -0.25) is 10.1 Å². The lowest BCUT2D eigenvalue weighted by molar-refractivity contribution is -0.386. The summed E-state index contributed by atoms with van der Waals surface area (Å²) in [6.07, 6.45) is 0.869. The van der Waals surface area contributed by atoms with Crippen LogP contribution in [0.4, 0.5) is 21.0 Å². The molecule has 0 aliphatic carbocycles. The highest BCUT2D eigenvalue weighted by molar-refractivity contribution is 5.68. The average Bonchev–Trinajstić information content (AvgIpc) is 2.99. The highest BCUT2D eigenvalue weighted by atomic mass is 16.6. The molecule has 2 amide bonds. The van der Waals surface area contributed by atoms with Crippen LogP contribution in [0.15, 0.2) is 24.3 Å². The fourth-order valence-electron chi connectivity index (χ4n) is 3.77. The third-order valence-corrected chi connectivity index (χ3v) is 5.77. The molecular weight excluding hydrogens is 628 g/mol. The van der Waals surface area contributed by atoms with E-state index >= 15 is 0 Å². The average molecular weight is 681 g/mol. The summed E-state index contributed by atoms with van der Waals surface area (Å²) in [4.78, 5) is 45.8. The Hall–Kier alpha value is -4.76. The smallest absolute Gasteiger partial charge is 0.410 e. The van der Waals surface area contributed by atoms with Gasteiger partial charge in [0.15, 0.2) is 0 Å². The van der Waals surface area contributed by atoms with E-state index in [1.807, 2.05) is 34.6 Å². The fourth-order valence-corrected chi connectivity index (χ4v) is 3.77. The second kappa shape index (κ2) is 19.8. The third-order valence-electron chi connectivity index (χ3n) is 5.77. The van der Waals surface area contributed by atoms with E-state index in [1.165, 1.54) is 26.4 Å². The Morgan fingerprint density at radius 1 is 0.750 bits per heavy atom. The number of nitrogens with two attached hydrogens (primary N) is 1. The first kappa shape index (κ1) is 41.3. The highest BCUT2D eigenvalue weighted by Gasteiger charge is 2.23. The summed E-state index contributed by atoms with van der Waals surface area (Å²) in [6.45, 7) is 17.3. The van der Waals surface area contributed by atoms with Gasteiger partial charge in [0.05, 0.1) is 37.9 Å². The SMILES string of the molecule is CCCN(CCOc1ccc(N)c(OC)n1)C(=O)OC(C)(C)C.CCCN(CCOc1ccc([N+](=O)[O-])c(OC)n1)C(=O)OC(C)(C)C. The molecule has 48 heavy (non-hydrogen) atoms. The normalized spacial score (nSPS) is 11.0. The number of nitrogens with zero attached hydrogens (tertiary/aromatic N) is 5. The van der Waals surface area contributed by atoms with Crippen molar-refractivity contribution in [3.63, 3.8) is 0 Å². The van der Waals surface area contributed by atoms with Gasteiger partial charge >= 0.3 is 17.9 Å². The molecule has 0 unspecified atom stereocenters. The van der Waals surface area contributed by atoms with E-state index in [9.17, 15) is 19.7 Å². The first-order valence-electron chi connectivity index (χ1n) is 15.7. The minimum absolute atomic E-state index is 0.125. The molecule has 2 aromatic rings. The molecule has 2 N–H and O–H groups in total. The largest absolute Gasteiger partial charge is 0.479 e. The number of carbonyl (C=O) groups excluding carboxylic acids is 2. The lowest BCUT2D eigenvalue weighted by atomic mass is 10.2. The van der Waals surface area contributed by atoms with E-state index in [4.69, 9.17) is 34.2 Å². The van der Waals surface area contributed by atoms with Gasteiger partial charge in [-0.2, -0.15) is 9.97 Å². The van der Waals surface area contributed by atoms with Crippen molar-refractivity contribution in [1.82, 2.24) is 19.8 Å². The zero-order valence-corrected chi connectivity index (χ0v) is 29.9. The molecule has 0 saturated carbocycles. The van der Waals surface area contributed by atoms with Crippen LogP contribution in [0.2, 0.25) is 0 Å².